The van der Waals surface area contributed by atoms with Crippen LogP contribution in [-0.4, -0.2) is 30.5 Å². The molecule has 1 fully saturated rings. The van der Waals surface area contributed by atoms with E-state index in [0.717, 1.165) is 5.56 Å². The number of ketones is 1. The first-order chi connectivity index (χ1) is 8.66. The maximum Gasteiger partial charge on any atom is 0.144 e. The quantitative estimate of drug-likeness (QED) is 0.812. The van der Waals surface area contributed by atoms with E-state index in [1.807, 2.05) is 6.07 Å². The van der Waals surface area contributed by atoms with E-state index >= 15 is 0 Å². The molecule has 0 saturated carbocycles. The van der Waals surface area contributed by atoms with Crippen LogP contribution in [0.5, 0.6) is 0 Å². The van der Waals surface area contributed by atoms with Crippen LogP contribution in [0.15, 0.2) is 18.3 Å². The topological polar surface area (TPSA) is 91.2 Å². The van der Waals surface area contributed by atoms with Gasteiger partial charge in [-0.1, -0.05) is 0 Å². The molecule has 0 bridgehead atoms. The molecule has 2 rings (SSSR count). The minimum atomic E-state index is -0.420. The van der Waals surface area contributed by atoms with Crippen LogP contribution in [0.25, 0.3) is 0 Å². The van der Waals surface area contributed by atoms with Crippen molar-refractivity contribution in [1.82, 2.24) is 4.98 Å². The van der Waals surface area contributed by atoms with Gasteiger partial charge in [0, 0.05) is 37.8 Å². The van der Waals surface area contributed by atoms with Gasteiger partial charge in [0.15, 0.2) is 0 Å². The third-order valence-corrected chi connectivity index (χ3v) is 3.64. The van der Waals surface area contributed by atoms with Crippen molar-refractivity contribution in [2.45, 2.75) is 19.3 Å². The Morgan fingerprint density at radius 3 is 2.78 bits per heavy atom. The normalized spacial score (nSPS) is 18.5. The van der Waals surface area contributed by atoms with Crippen LogP contribution >= 0.6 is 0 Å². The highest BCUT2D eigenvalue weighted by Crippen LogP contribution is 2.31. The Morgan fingerprint density at radius 2 is 2.17 bits per heavy atom. The van der Waals surface area contributed by atoms with Gasteiger partial charge < -0.3 is 16.2 Å². The molecule has 0 unspecified atom stereocenters. The number of ether oxygens (including phenoxy) is 1. The van der Waals surface area contributed by atoms with E-state index in [4.69, 9.17) is 16.2 Å². The molecule has 0 spiro atoms. The van der Waals surface area contributed by atoms with Crippen LogP contribution in [0.1, 0.15) is 18.4 Å². The largest absolute Gasteiger partial charge is 0.384 e. The molecule has 1 saturated heterocycles. The highest BCUT2D eigenvalue weighted by atomic mass is 16.5. The lowest BCUT2D eigenvalue weighted by atomic mass is 9.74. The molecule has 4 N–H and O–H groups in total. The first-order valence-electron chi connectivity index (χ1n) is 6.18. The third-order valence-electron chi connectivity index (χ3n) is 3.64. The fourth-order valence-corrected chi connectivity index (χ4v) is 2.34. The summed E-state index contributed by atoms with van der Waals surface area (Å²) in [4.78, 5) is 16.4. The van der Waals surface area contributed by atoms with Gasteiger partial charge in [-0.3, -0.25) is 4.79 Å². The number of anilines is 1. The molecule has 1 aliphatic rings. The first-order valence-corrected chi connectivity index (χ1v) is 6.18. The molecule has 0 atom stereocenters. The molecule has 1 aliphatic heterocycles. The summed E-state index contributed by atoms with van der Waals surface area (Å²) in [5, 5.41) is 0. The van der Waals surface area contributed by atoms with Crippen LogP contribution in [-0.2, 0) is 16.0 Å². The SMILES string of the molecule is NCC1(C(=O)Cc2ccnc(N)c2)CCOCC1. The number of nitrogen functional groups attached to an aromatic ring is 1. The number of carbonyl (C=O) groups is 1. The molecule has 0 radical (unpaired) electrons. The second-order valence-electron chi connectivity index (χ2n) is 4.79. The summed E-state index contributed by atoms with van der Waals surface area (Å²) in [5.74, 6) is 0.618. The zero-order valence-corrected chi connectivity index (χ0v) is 10.4. The zero-order chi connectivity index (χ0) is 13.0. The number of hydrogen-bond acceptors (Lipinski definition) is 5. The fraction of sp³-hybridized carbons (Fsp3) is 0.538. The lowest BCUT2D eigenvalue weighted by molar-refractivity contribution is -0.132. The molecule has 5 heteroatoms. The van der Waals surface area contributed by atoms with E-state index in [-0.39, 0.29) is 5.78 Å². The number of nitrogens with zero attached hydrogens (tertiary/aromatic N) is 1. The number of pyridine rings is 1. The smallest absolute Gasteiger partial charge is 0.144 e. The summed E-state index contributed by atoms with van der Waals surface area (Å²) in [6, 6.07) is 3.55. The molecule has 5 nitrogen and oxygen atoms in total. The molecule has 0 amide bonds. The van der Waals surface area contributed by atoms with E-state index < -0.39 is 5.41 Å². The van der Waals surface area contributed by atoms with E-state index in [2.05, 4.69) is 4.98 Å². The van der Waals surface area contributed by atoms with Crippen LogP contribution in [0, 0.1) is 5.41 Å². The molecule has 1 aromatic heterocycles. The molecule has 2 heterocycles. The van der Waals surface area contributed by atoms with Gasteiger partial charge in [-0.2, -0.15) is 0 Å². The predicted octanol–water partition coefficient (Wildman–Crippen LogP) is 0.531. The van der Waals surface area contributed by atoms with Crippen molar-refractivity contribution in [2.75, 3.05) is 25.5 Å². The minimum Gasteiger partial charge on any atom is -0.384 e. The zero-order valence-electron chi connectivity index (χ0n) is 10.4. The second-order valence-corrected chi connectivity index (χ2v) is 4.79. The lowest BCUT2D eigenvalue weighted by Gasteiger charge is -2.34. The predicted molar refractivity (Wildman–Crippen MR) is 68.9 cm³/mol. The van der Waals surface area contributed by atoms with E-state index in [0.29, 0.717) is 44.8 Å². The average Bonchev–Trinajstić information content (AvgIpc) is 2.39. The Balaban J connectivity index is 2.10. The Hall–Kier alpha value is -1.46. The monoisotopic (exact) mass is 249 g/mol. The summed E-state index contributed by atoms with van der Waals surface area (Å²) < 4.78 is 5.31. The Labute approximate surface area is 107 Å². The Morgan fingerprint density at radius 1 is 1.44 bits per heavy atom. The van der Waals surface area contributed by atoms with Gasteiger partial charge in [0.05, 0.1) is 0 Å². The minimum absolute atomic E-state index is 0.180. The van der Waals surface area contributed by atoms with Crippen molar-refractivity contribution in [2.24, 2.45) is 11.1 Å². The van der Waals surface area contributed by atoms with Gasteiger partial charge >= 0.3 is 0 Å². The van der Waals surface area contributed by atoms with E-state index in [9.17, 15) is 4.79 Å². The highest BCUT2D eigenvalue weighted by Gasteiger charge is 2.38. The maximum absolute atomic E-state index is 12.4. The van der Waals surface area contributed by atoms with Gasteiger partial charge in [0.25, 0.3) is 0 Å². The highest BCUT2D eigenvalue weighted by molar-refractivity contribution is 5.87. The van der Waals surface area contributed by atoms with Gasteiger partial charge in [0.1, 0.15) is 11.6 Å². The number of Topliss-reactive ketones (excluding diaryl/α,β-unsaturated/α-hetero) is 1. The summed E-state index contributed by atoms with van der Waals surface area (Å²) in [7, 11) is 0. The van der Waals surface area contributed by atoms with Crippen molar-refractivity contribution >= 4 is 11.6 Å². The Kier molecular flexibility index (Phi) is 3.93. The van der Waals surface area contributed by atoms with Gasteiger partial charge in [-0.15, -0.1) is 0 Å². The fourth-order valence-electron chi connectivity index (χ4n) is 2.34. The van der Waals surface area contributed by atoms with Crippen molar-refractivity contribution in [3.8, 4) is 0 Å². The van der Waals surface area contributed by atoms with Crippen molar-refractivity contribution in [3.63, 3.8) is 0 Å². The van der Waals surface area contributed by atoms with Gasteiger partial charge in [0.2, 0.25) is 0 Å². The molecule has 98 valence electrons. The maximum atomic E-state index is 12.4. The van der Waals surface area contributed by atoms with E-state index in [1.54, 1.807) is 12.3 Å². The number of aromatic nitrogens is 1. The van der Waals surface area contributed by atoms with Gasteiger partial charge in [-0.25, -0.2) is 4.98 Å². The second kappa shape index (κ2) is 5.46. The number of rotatable bonds is 4. The van der Waals surface area contributed by atoms with Crippen LogP contribution in [0.2, 0.25) is 0 Å². The molecule has 1 aromatic rings. The Bertz CT molecular complexity index is 428. The van der Waals surface area contributed by atoms with E-state index in [1.165, 1.54) is 0 Å². The first kappa shape index (κ1) is 13.0. The van der Waals surface area contributed by atoms with Crippen LogP contribution in [0.3, 0.4) is 0 Å². The van der Waals surface area contributed by atoms with Crippen molar-refractivity contribution < 1.29 is 9.53 Å². The molecular weight excluding hydrogens is 230 g/mol. The summed E-state index contributed by atoms with van der Waals surface area (Å²) in [6.45, 7) is 1.61. The van der Waals surface area contributed by atoms with Crippen LogP contribution < -0.4 is 11.5 Å². The summed E-state index contributed by atoms with van der Waals surface area (Å²) in [5.41, 5.74) is 11.9. The standard InChI is InChI=1S/C13H19N3O2/c14-9-13(2-5-18-6-3-13)11(17)7-10-1-4-16-12(15)8-10/h1,4,8H,2-3,5-7,9,14H2,(H2,15,16). The van der Waals surface area contributed by atoms with Crippen LogP contribution in [0.4, 0.5) is 5.82 Å². The molecule has 0 aromatic carbocycles. The molecule has 18 heavy (non-hydrogen) atoms. The number of hydrogen-bond donors (Lipinski definition) is 2. The molecular formula is C13H19N3O2. The van der Waals surface area contributed by atoms with Crippen molar-refractivity contribution in [1.29, 1.82) is 0 Å². The van der Waals surface area contributed by atoms with Gasteiger partial charge in [-0.05, 0) is 30.5 Å². The lowest BCUT2D eigenvalue weighted by Crippen LogP contribution is -2.44. The third kappa shape index (κ3) is 2.68. The average molecular weight is 249 g/mol. The number of nitrogens with two attached hydrogens (primary N) is 2. The molecule has 0 aliphatic carbocycles. The summed E-state index contributed by atoms with van der Waals surface area (Å²) >= 11 is 0. The van der Waals surface area contributed by atoms with Crippen molar-refractivity contribution in [3.05, 3.63) is 23.9 Å². The number of carbonyl (C=O) groups excluding carboxylic acids is 1. The summed E-state index contributed by atoms with van der Waals surface area (Å²) in [6.07, 6.45) is 3.41.